The summed E-state index contributed by atoms with van der Waals surface area (Å²) >= 11 is 1.86. The number of nitrogens with zero attached hydrogens (tertiary/aromatic N) is 3. The van der Waals surface area contributed by atoms with E-state index in [0.717, 1.165) is 44.8 Å². The Balaban J connectivity index is 1.44. The van der Waals surface area contributed by atoms with Crippen molar-refractivity contribution in [3.63, 3.8) is 0 Å². The molecule has 4 nitrogen and oxygen atoms in total. The van der Waals surface area contributed by atoms with Crippen LogP contribution in [-0.4, -0.2) is 39.8 Å². The number of aryl methyl sites for hydroxylation is 2. The van der Waals surface area contributed by atoms with E-state index in [2.05, 4.69) is 66.1 Å². The highest BCUT2D eigenvalue weighted by molar-refractivity contribution is 7.98. The molecular weight excluding hydrogens is 354 g/mol. The maximum absolute atomic E-state index is 6.70. The fraction of sp³-hybridized carbons (Fsp3) is 0.591. The second-order valence-corrected chi connectivity index (χ2v) is 9.52. The molecule has 2 aliphatic rings. The summed E-state index contributed by atoms with van der Waals surface area (Å²) in [5.74, 6) is 1.11. The Hall–Kier alpha value is -1.30. The molecule has 1 spiro atoms. The molecule has 0 saturated carbocycles. The molecule has 3 heterocycles. The number of fused-ring (bicyclic) bond motifs is 2. The number of rotatable bonds is 5. The van der Waals surface area contributed by atoms with Gasteiger partial charge in [-0.3, -0.25) is 9.58 Å². The van der Waals surface area contributed by atoms with Crippen molar-refractivity contribution in [2.45, 2.75) is 57.9 Å². The minimum absolute atomic E-state index is 0.107. The molecule has 0 N–H and O–H groups in total. The molecule has 5 heteroatoms. The van der Waals surface area contributed by atoms with Gasteiger partial charge in [-0.05, 0) is 51.0 Å². The Kier molecular flexibility index (Phi) is 5.12. The molecule has 0 bridgehead atoms. The van der Waals surface area contributed by atoms with Gasteiger partial charge >= 0.3 is 0 Å². The molecule has 1 aromatic carbocycles. The smallest absolute Gasteiger partial charge is 0.0971 e. The molecule has 2 aromatic rings. The first-order chi connectivity index (χ1) is 12.9. The van der Waals surface area contributed by atoms with Crippen LogP contribution in [0.3, 0.4) is 0 Å². The average molecular weight is 386 g/mol. The van der Waals surface area contributed by atoms with Gasteiger partial charge in [0.1, 0.15) is 0 Å². The van der Waals surface area contributed by atoms with Crippen LogP contribution in [0.5, 0.6) is 0 Å². The van der Waals surface area contributed by atoms with Crippen LogP contribution in [0.1, 0.15) is 48.9 Å². The van der Waals surface area contributed by atoms with E-state index in [4.69, 9.17) is 4.74 Å². The van der Waals surface area contributed by atoms with Crippen molar-refractivity contribution in [3.8, 4) is 0 Å². The molecule has 1 saturated heterocycles. The largest absolute Gasteiger partial charge is 0.360 e. The Morgan fingerprint density at radius 1 is 1.19 bits per heavy atom. The number of benzene rings is 1. The van der Waals surface area contributed by atoms with Crippen LogP contribution in [0, 0.1) is 6.92 Å². The molecule has 1 fully saturated rings. The quantitative estimate of drug-likeness (QED) is 0.767. The first kappa shape index (κ1) is 19.0. The lowest BCUT2D eigenvalue weighted by atomic mass is 9.81. The summed E-state index contributed by atoms with van der Waals surface area (Å²) in [5.41, 5.74) is 5.15. The highest BCUT2D eigenvalue weighted by Crippen LogP contribution is 2.52. The maximum atomic E-state index is 6.70. The zero-order chi connectivity index (χ0) is 19.1. The number of hydrogen-bond acceptors (Lipinski definition) is 4. The Labute approximate surface area is 167 Å². The van der Waals surface area contributed by atoms with Crippen molar-refractivity contribution in [2.75, 3.05) is 25.1 Å². The molecule has 1 aromatic heterocycles. The molecule has 0 atom stereocenters. The van der Waals surface area contributed by atoms with E-state index >= 15 is 0 Å². The number of ether oxygens (including phenoxy) is 1. The summed E-state index contributed by atoms with van der Waals surface area (Å²) in [6.07, 6.45) is 8.49. The number of thioether (sulfide) groups is 1. The maximum Gasteiger partial charge on any atom is 0.0971 e. The van der Waals surface area contributed by atoms with Crippen LogP contribution in [0.2, 0.25) is 0 Å². The van der Waals surface area contributed by atoms with Gasteiger partial charge in [0.2, 0.25) is 0 Å². The summed E-state index contributed by atoms with van der Waals surface area (Å²) in [7, 11) is 0. The molecule has 0 amide bonds. The van der Waals surface area contributed by atoms with E-state index in [1.807, 2.05) is 18.0 Å². The van der Waals surface area contributed by atoms with Crippen molar-refractivity contribution in [1.29, 1.82) is 0 Å². The van der Waals surface area contributed by atoms with Crippen LogP contribution < -0.4 is 0 Å². The van der Waals surface area contributed by atoms with Gasteiger partial charge in [-0.2, -0.15) is 16.9 Å². The van der Waals surface area contributed by atoms with Crippen molar-refractivity contribution in [3.05, 3.63) is 52.8 Å². The minimum atomic E-state index is -0.191. The molecule has 4 rings (SSSR count). The minimum Gasteiger partial charge on any atom is -0.360 e. The average Bonchev–Trinajstić information content (AvgIpc) is 3.16. The Morgan fingerprint density at radius 2 is 1.96 bits per heavy atom. The zero-order valence-electron chi connectivity index (χ0n) is 17.0. The lowest BCUT2D eigenvalue weighted by Crippen LogP contribution is -2.43. The molecule has 0 aliphatic carbocycles. The van der Waals surface area contributed by atoms with Gasteiger partial charge < -0.3 is 4.74 Å². The van der Waals surface area contributed by atoms with Gasteiger partial charge in [0.15, 0.2) is 0 Å². The van der Waals surface area contributed by atoms with Crippen LogP contribution in [-0.2, 0) is 29.0 Å². The third-order valence-corrected chi connectivity index (χ3v) is 6.64. The molecule has 2 aliphatic heterocycles. The summed E-state index contributed by atoms with van der Waals surface area (Å²) in [5, 5.41) is 4.50. The molecular formula is C22H31N3OS. The van der Waals surface area contributed by atoms with E-state index in [-0.39, 0.29) is 11.2 Å². The predicted octanol–water partition coefficient (Wildman–Crippen LogP) is 4.31. The highest BCUT2D eigenvalue weighted by Gasteiger charge is 2.49. The van der Waals surface area contributed by atoms with Gasteiger partial charge in [-0.25, -0.2) is 0 Å². The van der Waals surface area contributed by atoms with Gasteiger partial charge in [0.05, 0.1) is 17.4 Å². The standard InChI is InChI=1S/C22H31N3OS/c1-17-5-6-19-20(13-17)22(26-21(19,2)3)7-9-24(10-8-22)15-18-14-23-25(16-18)11-12-27-4/h5-6,13-14,16H,7-12,15H2,1-4H3. The second kappa shape index (κ2) is 7.26. The van der Waals surface area contributed by atoms with E-state index < -0.39 is 0 Å². The number of aromatic nitrogens is 2. The Bertz CT molecular complexity index is 806. The van der Waals surface area contributed by atoms with Gasteiger partial charge in [-0.1, -0.05) is 23.8 Å². The SMILES string of the molecule is CSCCn1cc(CN2CCC3(CC2)OC(C)(C)c2ccc(C)cc23)cn1. The van der Waals surface area contributed by atoms with Crippen LogP contribution in [0.15, 0.2) is 30.6 Å². The first-order valence-corrected chi connectivity index (χ1v) is 11.4. The van der Waals surface area contributed by atoms with Crippen molar-refractivity contribution in [2.24, 2.45) is 0 Å². The zero-order valence-corrected chi connectivity index (χ0v) is 17.8. The highest BCUT2D eigenvalue weighted by atomic mass is 32.2. The van der Waals surface area contributed by atoms with Crippen LogP contribution in [0.4, 0.5) is 0 Å². The summed E-state index contributed by atoms with van der Waals surface area (Å²) < 4.78 is 8.77. The third-order valence-electron chi connectivity index (χ3n) is 6.05. The molecule has 27 heavy (non-hydrogen) atoms. The lowest BCUT2D eigenvalue weighted by Gasteiger charge is -2.40. The van der Waals surface area contributed by atoms with Gasteiger partial charge in [0.25, 0.3) is 0 Å². The van der Waals surface area contributed by atoms with Crippen molar-refractivity contribution in [1.82, 2.24) is 14.7 Å². The monoisotopic (exact) mass is 385 g/mol. The lowest BCUT2D eigenvalue weighted by molar-refractivity contribution is -0.150. The first-order valence-electron chi connectivity index (χ1n) is 9.96. The van der Waals surface area contributed by atoms with Crippen LogP contribution in [0.25, 0.3) is 0 Å². The van der Waals surface area contributed by atoms with Crippen LogP contribution >= 0.6 is 11.8 Å². The fourth-order valence-corrected chi connectivity index (χ4v) is 5.03. The predicted molar refractivity (Wildman–Crippen MR) is 112 cm³/mol. The molecule has 146 valence electrons. The van der Waals surface area contributed by atoms with Gasteiger partial charge in [-0.15, -0.1) is 0 Å². The normalized spacial score (nSPS) is 20.9. The Morgan fingerprint density at radius 3 is 2.70 bits per heavy atom. The number of likely N-dealkylation sites (tertiary alicyclic amines) is 1. The van der Waals surface area contributed by atoms with Gasteiger partial charge in [0, 0.05) is 43.7 Å². The third kappa shape index (κ3) is 3.69. The summed E-state index contributed by atoms with van der Waals surface area (Å²) in [6, 6.07) is 6.84. The second-order valence-electron chi connectivity index (χ2n) is 8.54. The van der Waals surface area contributed by atoms with E-state index in [1.165, 1.54) is 22.3 Å². The van der Waals surface area contributed by atoms with Crippen molar-refractivity contribution < 1.29 is 4.74 Å². The summed E-state index contributed by atoms with van der Waals surface area (Å²) in [6.45, 7) is 10.7. The van der Waals surface area contributed by atoms with E-state index in [0.29, 0.717) is 0 Å². The number of hydrogen-bond donors (Lipinski definition) is 0. The topological polar surface area (TPSA) is 30.3 Å². The van der Waals surface area contributed by atoms with E-state index in [9.17, 15) is 0 Å². The summed E-state index contributed by atoms with van der Waals surface area (Å²) in [4.78, 5) is 2.55. The number of piperidine rings is 1. The van der Waals surface area contributed by atoms with Crippen molar-refractivity contribution >= 4 is 11.8 Å². The molecule has 0 radical (unpaired) electrons. The molecule has 0 unspecified atom stereocenters. The van der Waals surface area contributed by atoms with E-state index in [1.54, 1.807) is 0 Å². The fourth-order valence-electron chi connectivity index (χ4n) is 4.66.